The van der Waals surface area contributed by atoms with Gasteiger partial charge in [0.05, 0.1) is 12.6 Å². The van der Waals surface area contributed by atoms with Crippen LogP contribution in [-0.2, 0) is 20.8 Å². The van der Waals surface area contributed by atoms with E-state index in [9.17, 15) is 19.2 Å². The first-order valence-corrected chi connectivity index (χ1v) is 16.1. The summed E-state index contributed by atoms with van der Waals surface area (Å²) in [6, 6.07) is 8.49. The third-order valence-electron chi connectivity index (χ3n) is 8.22. The molecule has 2 aromatic rings. The zero-order valence-electron chi connectivity index (χ0n) is 24.9. The van der Waals surface area contributed by atoms with E-state index in [1.165, 1.54) is 21.8 Å². The Morgan fingerprint density at radius 1 is 1.21 bits per heavy atom. The van der Waals surface area contributed by atoms with Crippen LogP contribution in [0.15, 0.2) is 41.9 Å². The number of guanidine groups is 1. The summed E-state index contributed by atoms with van der Waals surface area (Å²) >= 11 is 1.21. The van der Waals surface area contributed by atoms with E-state index in [0.29, 0.717) is 37.5 Å². The van der Waals surface area contributed by atoms with E-state index in [0.717, 1.165) is 38.5 Å². The van der Waals surface area contributed by atoms with Gasteiger partial charge in [0, 0.05) is 31.2 Å². The number of piperidine rings is 1. The summed E-state index contributed by atoms with van der Waals surface area (Å²) in [5.74, 6) is -1.10. The fraction of sp³-hybridized carbons (Fsp3) is 0.548. The quantitative estimate of drug-likeness (QED) is 0.169. The number of nitrogens with one attached hydrogen (secondary N) is 2. The second-order valence-electron chi connectivity index (χ2n) is 11.4. The van der Waals surface area contributed by atoms with E-state index in [-0.39, 0.29) is 42.6 Å². The van der Waals surface area contributed by atoms with Gasteiger partial charge in [0.1, 0.15) is 12.6 Å². The lowest BCUT2D eigenvalue weighted by Gasteiger charge is -2.40. The van der Waals surface area contributed by atoms with Gasteiger partial charge >= 0.3 is 0 Å². The topological polar surface area (TPSA) is 153 Å². The molecule has 2 fully saturated rings. The number of rotatable bonds is 14. The minimum absolute atomic E-state index is 0.00274. The Morgan fingerprint density at radius 2 is 2.00 bits per heavy atom. The first-order chi connectivity index (χ1) is 20.8. The normalized spacial score (nSPS) is 19.8. The van der Waals surface area contributed by atoms with Crippen LogP contribution in [0.3, 0.4) is 0 Å². The number of hydrogen-bond acceptors (Lipinski definition) is 7. The lowest BCUT2D eigenvalue weighted by molar-refractivity contribution is -0.157. The number of ketones is 1. The number of amides is 3. The number of aryl methyl sites for hydroxylation is 1. The number of thiazole rings is 1. The number of likely N-dealkylation sites (tertiary alicyclic amines) is 1. The fourth-order valence-electron chi connectivity index (χ4n) is 5.96. The number of carbonyl (C=O) groups is 4. The lowest BCUT2D eigenvalue weighted by atomic mass is 9.90. The average molecular weight is 610 g/mol. The molecule has 1 aromatic carbocycles. The molecule has 3 heterocycles. The summed E-state index contributed by atoms with van der Waals surface area (Å²) in [5.41, 5.74) is 6.90. The minimum atomic E-state index is -0.838. The van der Waals surface area contributed by atoms with Crippen LogP contribution >= 0.6 is 11.3 Å². The van der Waals surface area contributed by atoms with Crippen LogP contribution in [0.2, 0.25) is 0 Å². The van der Waals surface area contributed by atoms with Crippen LogP contribution in [-0.4, -0.2) is 94.0 Å². The van der Waals surface area contributed by atoms with Crippen molar-refractivity contribution in [3.63, 3.8) is 0 Å². The molecule has 1 aromatic heterocycles. The van der Waals surface area contributed by atoms with Crippen molar-refractivity contribution in [2.24, 2.45) is 11.7 Å². The number of carbonyl (C=O) groups excluding carboxylic acids is 4. The van der Waals surface area contributed by atoms with E-state index in [1.54, 1.807) is 21.4 Å². The highest BCUT2D eigenvalue weighted by atomic mass is 32.1. The van der Waals surface area contributed by atoms with Crippen molar-refractivity contribution in [1.82, 2.24) is 25.0 Å². The first kappa shape index (κ1) is 32.1. The fourth-order valence-corrected chi connectivity index (χ4v) is 6.59. The largest absolute Gasteiger partial charge is 0.370 e. The van der Waals surface area contributed by atoms with Gasteiger partial charge in [-0.1, -0.05) is 50.1 Å². The van der Waals surface area contributed by atoms with E-state index < -0.39 is 18.0 Å². The van der Waals surface area contributed by atoms with Crippen molar-refractivity contribution in [1.29, 1.82) is 5.41 Å². The van der Waals surface area contributed by atoms with Gasteiger partial charge < -0.3 is 25.8 Å². The lowest BCUT2D eigenvalue weighted by Crippen LogP contribution is -2.62. The Labute approximate surface area is 257 Å². The molecule has 232 valence electrons. The predicted molar refractivity (Wildman–Crippen MR) is 166 cm³/mol. The van der Waals surface area contributed by atoms with Crippen molar-refractivity contribution in [2.45, 2.75) is 70.4 Å². The summed E-state index contributed by atoms with van der Waals surface area (Å²) in [7, 11) is 0. The third kappa shape index (κ3) is 8.85. The Hall–Kier alpha value is -3.80. The van der Waals surface area contributed by atoms with E-state index in [1.807, 2.05) is 37.3 Å². The number of nitrogens with two attached hydrogens (primary N) is 1. The summed E-state index contributed by atoms with van der Waals surface area (Å²) in [5, 5.41) is 12.7. The molecule has 1 unspecified atom stereocenters. The Morgan fingerprint density at radius 3 is 2.70 bits per heavy atom. The second kappa shape index (κ2) is 15.6. The van der Waals surface area contributed by atoms with Gasteiger partial charge in [0.15, 0.2) is 11.0 Å². The zero-order valence-corrected chi connectivity index (χ0v) is 25.7. The number of benzene rings is 1. The molecule has 0 spiro atoms. The van der Waals surface area contributed by atoms with Crippen molar-refractivity contribution in [3.05, 3.63) is 52.5 Å². The molecule has 4 N–H and O–H groups in total. The molecule has 3 amide bonds. The maximum atomic E-state index is 13.6. The molecule has 2 aliphatic rings. The van der Waals surface area contributed by atoms with Crippen LogP contribution in [0.5, 0.6) is 0 Å². The van der Waals surface area contributed by atoms with Gasteiger partial charge in [-0.25, -0.2) is 4.98 Å². The second-order valence-corrected chi connectivity index (χ2v) is 12.3. The number of hydrogen-bond donors (Lipinski definition) is 3. The van der Waals surface area contributed by atoms with Crippen LogP contribution in [0.1, 0.15) is 67.2 Å². The van der Waals surface area contributed by atoms with Crippen LogP contribution in [0, 0.1) is 11.3 Å². The van der Waals surface area contributed by atoms with Crippen LogP contribution in [0.4, 0.5) is 0 Å². The Kier molecular flexibility index (Phi) is 11.7. The van der Waals surface area contributed by atoms with Gasteiger partial charge in [-0.15, -0.1) is 11.3 Å². The Bertz CT molecular complexity index is 1260. The molecule has 43 heavy (non-hydrogen) atoms. The number of unbranched alkanes of at least 4 members (excludes halogenated alkanes) is 1. The van der Waals surface area contributed by atoms with Gasteiger partial charge in [-0.05, 0) is 50.0 Å². The number of aromatic nitrogens is 1. The summed E-state index contributed by atoms with van der Waals surface area (Å²) in [4.78, 5) is 62.7. The molecule has 0 saturated carbocycles. The van der Waals surface area contributed by atoms with Crippen LogP contribution < -0.4 is 11.1 Å². The van der Waals surface area contributed by atoms with Gasteiger partial charge in [0.25, 0.3) is 0 Å². The summed E-state index contributed by atoms with van der Waals surface area (Å²) in [6.07, 6.45) is 7.24. The van der Waals surface area contributed by atoms with Crippen molar-refractivity contribution in [2.75, 3.05) is 32.7 Å². The molecule has 2 aliphatic heterocycles. The van der Waals surface area contributed by atoms with Crippen molar-refractivity contribution in [3.8, 4) is 0 Å². The number of nitrogens with zero attached hydrogens (tertiary/aromatic N) is 4. The average Bonchev–Trinajstić information content (AvgIpc) is 3.54. The SMILES string of the molecule is CCCC[C@H]1C(=O)N(CCCc2ccccc2)CC(=O)N1CC(=O)N[C@@H](CC1CCCN(C(=N)N)C1)C(=O)c1nccs1. The Balaban J connectivity index is 1.42. The molecule has 11 nitrogen and oxygen atoms in total. The molecule has 12 heteroatoms. The summed E-state index contributed by atoms with van der Waals surface area (Å²) in [6.45, 7) is 3.38. The first-order valence-electron chi connectivity index (χ1n) is 15.2. The van der Waals surface area contributed by atoms with Crippen molar-refractivity contribution < 1.29 is 19.2 Å². The summed E-state index contributed by atoms with van der Waals surface area (Å²) < 4.78 is 0. The molecule has 0 radical (unpaired) electrons. The van der Waals surface area contributed by atoms with Gasteiger partial charge in [-0.2, -0.15) is 0 Å². The zero-order chi connectivity index (χ0) is 30.8. The maximum Gasteiger partial charge on any atom is 0.245 e. The molecule has 0 aliphatic carbocycles. The molecule has 4 rings (SSSR count). The van der Waals surface area contributed by atoms with Gasteiger partial charge in [-0.3, -0.25) is 24.6 Å². The maximum absolute atomic E-state index is 13.6. The highest BCUT2D eigenvalue weighted by molar-refractivity contribution is 7.11. The molecule has 0 bridgehead atoms. The van der Waals surface area contributed by atoms with E-state index in [2.05, 4.69) is 10.3 Å². The number of Topliss-reactive ketones (excluding diaryl/α,β-unsaturated/α-hetero) is 1. The van der Waals surface area contributed by atoms with Gasteiger partial charge in [0.2, 0.25) is 23.5 Å². The molecule has 3 atom stereocenters. The number of piperazine rings is 1. The molecule has 2 saturated heterocycles. The van der Waals surface area contributed by atoms with Crippen LogP contribution in [0.25, 0.3) is 0 Å². The standard InChI is InChI=1S/C31H43N7O4S/c1-2-3-13-25-30(42)36(15-7-11-22-9-5-4-6-10-22)21-27(40)38(25)20-26(39)35-24(28(41)29-34-14-17-43-29)18-23-12-8-16-37(19-23)31(32)33/h4-6,9-10,14,17,23-25H,2-3,7-8,11-13,15-16,18-21H2,1H3,(H3,32,33)(H,35,39)/t23?,24-,25-/m0/s1. The van der Waals surface area contributed by atoms with Crippen molar-refractivity contribution >= 4 is 40.8 Å². The third-order valence-corrected chi connectivity index (χ3v) is 9.01. The highest BCUT2D eigenvalue weighted by Crippen LogP contribution is 2.24. The van der Waals surface area contributed by atoms with E-state index >= 15 is 0 Å². The monoisotopic (exact) mass is 609 g/mol. The van der Waals surface area contributed by atoms with E-state index in [4.69, 9.17) is 11.1 Å². The molecular weight excluding hydrogens is 566 g/mol. The smallest absolute Gasteiger partial charge is 0.245 e. The highest BCUT2D eigenvalue weighted by Gasteiger charge is 2.40. The minimum Gasteiger partial charge on any atom is -0.370 e. The predicted octanol–water partition coefficient (Wildman–Crippen LogP) is 2.67. The molecular formula is C31H43N7O4S.